The number of benzene rings is 4. The van der Waals surface area contributed by atoms with Gasteiger partial charge in [-0.15, -0.1) is 0 Å². The maximum Gasteiger partial charge on any atom is 0.129 e. The number of rotatable bonds is 3. The molecule has 1 aliphatic heterocycles. The number of hydrogen-bond donors (Lipinski definition) is 0. The predicted octanol–water partition coefficient (Wildman–Crippen LogP) is 7.10. The molecule has 2 atom stereocenters. The zero-order valence-electron chi connectivity index (χ0n) is 15.7. The molecule has 0 bridgehead atoms. The lowest BCUT2D eigenvalue weighted by atomic mass is 10.0. The van der Waals surface area contributed by atoms with Gasteiger partial charge in [-0.1, -0.05) is 97.1 Å². The average molecular weight is 382 g/mol. The summed E-state index contributed by atoms with van der Waals surface area (Å²) in [5.74, 6) is 0. The molecule has 1 saturated heterocycles. The molecule has 4 aromatic rings. The van der Waals surface area contributed by atoms with Gasteiger partial charge >= 0.3 is 0 Å². The summed E-state index contributed by atoms with van der Waals surface area (Å²) in [6, 6.07) is 35.7. The molecule has 0 N–H and O–H groups in total. The second-order valence-corrected chi connectivity index (χ2v) is 10.9. The summed E-state index contributed by atoms with van der Waals surface area (Å²) in [4.78, 5) is 0. The molecule has 0 amide bonds. The van der Waals surface area contributed by atoms with Gasteiger partial charge in [-0.3, -0.25) is 0 Å². The largest absolute Gasteiger partial charge is 0.317 e. The molecule has 0 aliphatic carbocycles. The Morgan fingerprint density at radius 3 is 1.64 bits per heavy atom. The monoisotopic (exact) mass is 382 g/mol. The van der Waals surface area contributed by atoms with Crippen LogP contribution in [0, 0.1) is 0 Å². The molecular formula is C26H23OP. The maximum absolute atomic E-state index is 14.9. The Morgan fingerprint density at radius 1 is 0.571 bits per heavy atom. The van der Waals surface area contributed by atoms with E-state index in [-0.39, 0.29) is 11.3 Å². The Balaban J connectivity index is 1.71. The fourth-order valence-electron chi connectivity index (χ4n) is 4.80. The highest BCUT2D eigenvalue weighted by Crippen LogP contribution is 2.75. The molecule has 1 nitrogen and oxygen atoms in total. The summed E-state index contributed by atoms with van der Waals surface area (Å²) in [6.07, 6.45) is 1.93. The van der Waals surface area contributed by atoms with Gasteiger partial charge in [0.05, 0.1) is 0 Å². The molecule has 4 aromatic carbocycles. The van der Waals surface area contributed by atoms with E-state index >= 15 is 0 Å². The van der Waals surface area contributed by atoms with Crippen LogP contribution in [0.5, 0.6) is 0 Å². The smallest absolute Gasteiger partial charge is 0.129 e. The van der Waals surface area contributed by atoms with Crippen molar-refractivity contribution in [1.82, 2.24) is 0 Å². The summed E-state index contributed by atoms with van der Waals surface area (Å²) in [7, 11) is -2.69. The van der Waals surface area contributed by atoms with Gasteiger partial charge in [0, 0.05) is 16.6 Å². The molecule has 28 heavy (non-hydrogen) atoms. The summed E-state index contributed by atoms with van der Waals surface area (Å²) >= 11 is 0. The van der Waals surface area contributed by atoms with Gasteiger partial charge in [-0.2, -0.15) is 0 Å². The molecule has 0 radical (unpaired) electrons. The van der Waals surface area contributed by atoms with E-state index < -0.39 is 7.14 Å². The quantitative estimate of drug-likeness (QED) is 0.345. The lowest BCUT2D eigenvalue weighted by molar-refractivity contribution is 0.573. The van der Waals surface area contributed by atoms with E-state index in [1.165, 1.54) is 21.9 Å². The second-order valence-electron chi connectivity index (χ2n) is 7.67. The molecule has 0 aromatic heterocycles. The first-order valence-electron chi connectivity index (χ1n) is 9.95. The Morgan fingerprint density at radius 2 is 1.07 bits per heavy atom. The lowest BCUT2D eigenvalue weighted by Crippen LogP contribution is -2.12. The van der Waals surface area contributed by atoms with Crippen molar-refractivity contribution in [2.24, 2.45) is 0 Å². The topological polar surface area (TPSA) is 17.1 Å². The second kappa shape index (κ2) is 7.08. The van der Waals surface area contributed by atoms with Gasteiger partial charge in [0.1, 0.15) is 7.14 Å². The zero-order chi connectivity index (χ0) is 19.0. The first-order chi connectivity index (χ1) is 13.8. The van der Waals surface area contributed by atoms with Gasteiger partial charge in [0.2, 0.25) is 0 Å². The molecule has 138 valence electrons. The molecule has 0 spiro atoms. The highest BCUT2D eigenvalue weighted by molar-refractivity contribution is 7.72. The van der Waals surface area contributed by atoms with Crippen molar-refractivity contribution in [1.29, 1.82) is 0 Å². The van der Waals surface area contributed by atoms with E-state index in [2.05, 4.69) is 91.0 Å². The molecule has 5 rings (SSSR count). The fourth-order valence-corrected chi connectivity index (χ4v) is 8.90. The van der Waals surface area contributed by atoms with E-state index in [4.69, 9.17) is 0 Å². The van der Waals surface area contributed by atoms with Crippen molar-refractivity contribution in [2.45, 2.75) is 24.2 Å². The summed E-state index contributed by atoms with van der Waals surface area (Å²) in [6.45, 7) is 0. The molecule has 0 saturated carbocycles. The Bertz CT molecular complexity index is 1100. The van der Waals surface area contributed by atoms with Crippen molar-refractivity contribution >= 4 is 23.2 Å². The third kappa shape index (κ3) is 2.82. The third-order valence-electron chi connectivity index (χ3n) is 6.14. The van der Waals surface area contributed by atoms with E-state index in [1.54, 1.807) is 0 Å². The number of fused-ring (bicyclic) bond motifs is 1. The minimum atomic E-state index is -2.69. The van der Waals surface area contributed by atoms with Crippen LogP contribution in [-0.4, -0.2) is 0 Å². The van der Waals surface area contributed by atoms with Crippen molar-refractivity contribution in [3.05, 3.63) is 114 Å². The first-order valence-corrected chi connectivity index (χ1v) is 11.8. The summed E-state index contributed by atoms with van der Waals surface area (Å²) in [5.41, 5.74) is 2.58. The minimum Gasteiger partial charge on any atom is -0.317 e. The molecule has 1 fully saturated rings. The van der Waals surface area contributed by atoms with Crippen molar-refractivity contribution < 1.29 is 4.57 Å². The van der Waals surface area contributed by atoms with Crippen molar-refractivity contribution in [3.63, 3.8) is 0 Å². The summed E-state index contributed by atoms with van der Waals surface area (Å²) in [5, 5.41) is 3.39. The maximum atomic E-state index is 14.9. The SMILES string of the molecule is O=P1(c2ccc3ccccc3c2)[C@H](c2ccccc2)CC[C@H]1c1ccccc1. The number of hydrogen-bond acceptors (Lipinski definition) is 1. The van der Waals surface area contributed by atoms with Crippen molar-refractivity contribution in [2.75, 3.05) is 0 Å². The van der Waals surface area contributed by atoms with Crippen LogP contribution in [0.3, 0.4) is 0 Å². The predicted molar refractivity (Wildman–Crippen MR) is 119 cm³/mol. The molecular weight excluding hydrogens is 359 g/mol. The molecule has 0 unspecified atom stereocenters. The normalized spacial score (nSPS) is 21.0. The van der Waals surface area contributed by atoms with Gasteiger partial charge in [-0.25, -0.2) is 0 Å². The zero-order valence-corrected chi connectivity index (χ0v) is 16.6. The third-order valence-corrected chi connectivity index (χ3v) is 10.2. The Kier molecular flexibility index (Phi) is 4.41. The summed E-state index contributed by atoms with van der Waals surface area (Å²) < 4.78 is 14.9. The van der Waals surface area contributed by atoms with Crippen LogP contribution >= 0.6 is 7.14 Å². The molecule has 1 aliphatic rings. The van der Waals surface area contributed by atoms with Gasteiger partial charge in [0.15, 0.2) is 0 Å². The lowest BCUT2D eigenvalue weighted by Gasteiger charge is -2.27. The van der Waals surface area contributed by atoms with Crippen LogP contribution in [0.15, 0.2) is 103 Å². The minimum absolute atomic E-state index is 0.0834. The van der Waals surface area contributed by atoms with Gasteiger partial charge in [0.25, 0.3) is 0 Å². The van der Waals surface area contributed by atoms with E-state index in [1.807, 2.05) is 12.1 Å². The standard InChI is InChI=1S/C26H23OP/c27-28(24-16-15-20-9-7-8-14-23(20)19-24)25(21-10-3-1-4-11-21)17-18-26(28)22-12-5-2-6-13-22/h1-16,19,25-26H,17-18H2/t25-,26-/m0/s1. The van der Waals surface area contributed by atoms with Crippen molar-refractivity contribution in [3.8, 4) is 0 Å². The molecule has 1 heterocycles. The van der Waals surface area contributed by atoms with Crippen LogP contribution in [0.1, 0.15) is 35.3 Å². The van der Waals surface area contributed by atoms with E-state index in [0.29, 0.717) is 0 Å². The van der Waals surface area contributed by atoms with E-state index in [0.717, 1.165) is 18.1 Å². The van der Waals surface area contributed by atoms with Crippen LogP contribution in [-0.2, 0) is 4.57 Å². The first kappa shape index (κ1) is 17.5. The average Bonchev–Trinajstić information content (AvgIpc) is 3.13. The highest BCUT2D eigenvalue weighted by Gasteiger charge is 2.48. The fraction of sp³-hybridized carbons (Fsp3) is 0.154. The van der Waals surface area contributed by atoms with Crippen LogP contribution < -0.4 is 5.30 Å². The van der Waals surface area contributed by atoms with Gasteiger partial charge < -0.3 is 4.57 Å². The molecule has 2 heteroatoms. The van der Waals surface area contributed by atoms with E-state index in [9.17, 15) is 4.57 Å². The van der Waals surface area contributed by atoms with Gasteiger partial charge in [-0.05, 0) is 40.8 Å². The Labute approximate surface area is 166 Å². The highest BCUT2D eigenvalue weighted by atomic mass is 31.2. The Hall–Kier alpha value is -2.63. The van der Waals surface area contributed by atoms with Crippen LogP contribution in [0.4, 0.5) is 0 Å². The van der Waals surface area contributed by atoms with Crippen LogP contribution in [0.25, 0.3) is 10.8 Å². The van der Waals surface area contributed by atoms with Crippen LogP contribution in [0.2, 0.25) is 0 Å².